The van der Waals surface area contributed by atoms with Gasteiger partial charge in [0.2, 0.25) is 12.7 Å². The Balaban J connectivity index is 1.42. The highest BCUT2D eigenvalue weighted by atomic mass is 32.2. The summed E-state index contributed by atoms with van der Waals surface area (Å²) in [7, 11) is 1.74. The predicted molar refractivity (Wildman–Crippen MR) is 122 cm³/mol. The van der Waals surface area contributed by atoms with E-state index in [1.165, 1.54) is 6.33 Å². The minimum Gasteiger partial charge on any atom is -0.740 e. The van der Waals surface area contributed by atoms with Gasteiger partial charge in [0.15, 0.2) is 22.7 Å². The van der Waals surface area contributed by atoms with E-state index in [2.05, 4.69) is 25.3 Å². The second-order valence-corrected chi connectivity index (χ2v) is 8.03. The highest BCUT2D eigenvalue weighted by Gasteiger charge is 2.17. The number of aromatic nitrogens is 5. The van der Waals surface area contributed by atoms with E-state index in [0.717, 1.165) is 22.0 Å². The molecule has 6 rings (SSSR count). The van der Waals surface area contributed by atoms with Crippen LogP contribution in [0.15, 0.2) is 55.0 Å². The third-order valence-corrected chi connectivity index (χ3v) is 5.65. The van der Waals surface area contributed by atoms with Crippen molar-refractivity contribution in [2.24, 2.45) is 7.05 Å². The molecule has 2 aromatic carbocycles. The average molecular weight is 475 g/mol. The summed E-state index contributed by atoms with van der Waals surface area (Å²) in [5.74, 6) is 1.40. The summed E-state index contributed by atoms with van der Waals surface area (Å²) in [6, 6.07) is 13.3. The maximum atomic E-state index is 11.1. The molecule has 1 atom stereocenters. The van der Waals surface area contributed by atoms with Crippen LogP contribution < -0.4 is 19.0 Å². The second kappa shape index (κ2) is 7.93. The van der Waals surface area contributed by atoms with Gasteiger partial charge in [-0.3, -0.25) is 4.98 Å². The maximum Gasteiger partial charge on any atom is 0.262 e. The Morgan fingerprint density at radius 1 is 1.09 bits per heavy atom. The zero-order chi connectivity index (χ0) is 23.2. The normalized spacial score (nSPS) is 13.4. The lowest BCUT2D eigenvalue weighted by atomic mass is 10.0. The largest absolute Gasteiger partial charge is 0.740 e. The number of fused-ring (bicyclic) bond motifs is 3. The summed E-state index contributed by atoms with van der Waals surface area (Å²) in [5, 5.41) is 4.02. The highest BCUT2D eigenvalue weighted by Crippen LogP contribution is 2.38. The summed E-state index contributed by atoms with van der Waals surface area (Å²) in [6.07, 6.45) is 3.25. The minimum absolute atomic E-state index is 0.157. The summed E-state index contributed by atoms with van der Waals surface area (Å²) in [6.45, 7) is 0.205. The van der Waals surface area contributed by atoms with Gasteiger partial charge in [-0.1, -0.05) is 6.07 Å². The summed E-state index contributed by atoms with van der Waals surface area (Å²) in [4.78, 5) is 17.2. The number of rotatable bonds is 5. The van der Waals surface area contributed by atoms with Gasteiger partial charge < -0.3 is 28.1 Å². The molecule has 1 unspecified atom stereocenters. The van der Waals surface area contributed by atoms with Crippen molar-refractivity contribution in [1.82, 2.24) is 24.5 Å². The van der Waals surface area contributed by atoms with E-state index >= 15 is 0 Å². The summed E-state index contributed by atoms with van der Waals surface area (Å²) >= 11 is -2.81. The van der Waals surface area contributed by atoms with Crippen LogP contribution in [0.4, 0.5) is 11.6 Å². The molecule has 5 aromatic rings. The van der Waals surface area contributed by atoms with Crippen molar-refractivity contribution in [2.75, 3.05) is 12.1 Å². The molecule has 0 aliphatic carbocycles. The second-order valence-electron chi connectivity index (χ2n) is 7.45. The van der Waals surface area contributed by atoms with Crippen LogP contribution in [-0.4, -0.2) is 40.1 Å². The molecule has 12 heteroatoms. The molecule has 3 aromatic heterocycles. The van der Waals surface area contributed by atoms with Gasteiger partial charge in [-0.2, -0.15) is 9.97 Å². The van der Waals surface area contributed by atoms with Gasteiger partial charge >= 0.3 is 0 Å². The van der Waals surface area contributed by atoms with Crippen molar-refractivity contribution in [3.8, 4) is 28.5 Å². The fourth-order valence-electron chi connectivity index (χ4n) is 3.83. The van der Waals surface area contributed by atoms with E-state index in [9.17, 15) is 8.76 Å². The molecule has 1 aliphatic heterocycles. The highest BCUT2D eigenvalue weighted by molar-refractivity contribution is 7.74. The minimum atomic E-state index is -2.81. The Hall–Kier alpha value is -4.29. The number of benzene rings is 2. The van der Waals surface area contributed by atoms with E-state index in [0.29, 0.717) is 22.8 Å². The van der Waals surface area contributed by atoms with E-state index < -0.39 is 11.4 Å². The number of nitrogens with one attached hydrogen (secondary N) is 1. The first-order chi connectivity index (χ1) is 16.5. The Labute approximate surface area is 194 Å². The number of anilines is 2. The summed E-state index contributed by atoms with van der Waals surface area (Å²) < 4.78 is 39.6. The molecule has 0 bridgehead atoms. The van der Waals surface area contributed by atoms with Crippen molar-refractivity contribution in [3.05, 3.63) is 55.0 Å². The lowest BCUT2D eigenvalue weighted by Gasteiger charge is -2.12. The number of imidazole rings is 1. The Kier molecular flexibility index (Phi) is 4.74. The molecule has 4 heterocycles. The standard InChI is InChI=1S/C22H16N6O5S/c1-28-10-24-19-20(28)26-22(27-21(19)33-34(29)30)25-13-3-4-16-15(9-13)14(6-7-23-16)12-2-5-17-18(8-12)32-11-31-17/h2-10H,11H2,1H3,(H,29,30)(H,25,26,27)/p-1. The fraction of sp³-hybridized carbons (Fsp3) is 0.0909. The molecule has 0 fully saturated rings. The van der Waals surface area contributed by atoms with Gasteiger partial charge in [-0.25, -0.2) is 9.19 Å². The first-order valence-corrected chi connectivity index (χ1v) is 11.1. The van der Waals surface area contributed by atoms with Crippen LogP contribution >= 0.6 is 0 Å². The van der Waals surface area contributed by atoms with E-state index in [4.69, 9.17) is 13.7 Å². The third-order valence-electron chi connectivity index (χ3n) is 5.36. The fourth-order valence-corrected chi connectivity index (χ4v) is 4.07. The van der Waals surface area contributed by atoms with Crippen molar-refractivity contribution >= 4 is 45.1 Å². The quantitative estimate of drug-likeness (QED) is 0.377. The molecular formula is C22H15N6O5S-. The predicted octanol–water partition coefficient (Wildman–Crippen LogP) is 3.22. The van der Waals surface area contributed by atoms with Crippen LogP contribution in [-0.2, 0) is 18.4 Å². The Bertz CT molecular complexity index is 1600. The monoisotopic (exact) mass is 475 g/mol. The first-order valence-electron chi connectivity index (χ1n) is 10.1. The third kappa shape index (κ3) is 3.54. The van der Waals surface area contributed by atoms with Gasteiger partial charge in [0.05, 0.1) is 11.8 Å². The van der Waals surface area contributed by atoms with Gasteiger partial charge in [-0.05, 0) is 47.5 Å². The average Bonchev–Trinajstić information content (AvgIpc) is 3.45. The molecule has 0 saturated carbocycles. The van der Waals surface area contributed by atoms with Crippen LogP contribution in [0.3, 0.4) is 0 Å². The van der Waals surface area contributed by atoms with E-state index in [-0.39, 0.29) is 24.1 Å². The smallest absolute Gasteiger partial charge is 0.262 e. The van der Waals surface area contributed by atoms with Gasteiger partial charge in [-0.15, -0.1) is 0 Å². The molecule has 170 valence electrons. The van der Waals surface area contributed by atoms with Crippen molar-refractivity contribution < 1.29 is 22.4 Å². The Morgan fingerprint density at radius 2 is 1.97 bits per heavy atom. The SMILES string of the molecule is Cn1cnc2c(OS(=O)[O-])nc(Nc3ccc4nccc(-c5ccc6c(c5)OCO6)c4c3)nc21. The Morgan fingerprint density at radius 3 is 2.85 bits per heavy atom. The van der Waals surface area contributed by atoms with Crippen LogP contribution in [0, 0.1) is 0 Å². The van der Waals surface area contributed by atoms with E-state index in [1.807, 2.05) is 42.5 Å². The first kappa shape index (κ1) is 20.3. The van der Waals surface area contributed by atoms with Crippen molar-refractivity contribution in [2.45, 2.75) is 0 Å². The molecule has 0 amide bonds. The van der Waals surface area contributed by atoms with Crippen LogP contribution in [0.25, 0.3) is 33.2 Å². The topological polar surface area (TPSA) is 136 Å². The van der Waals surface area contributed by atoms with Crippen LogP contribution in [0.2, 0.25) is 0 Å². The van der Waals surface area contributed by atoms with Crippen molar-refractivity contribution in [1.29, 1.82) is 0 Å². The molecule has 1 aliphatic rings. The molecule has 1 N–H and O–H groups in total. The number of ether oxygens (including phenoxy) is 2. The summed E-state index contributed by atoms with van der Waals surface area (Å²) in [5.41, 5.74) is 4.05. The lowest BCUT2D eigenvalue weighted by Crippen LogP contribution is -2.05. The van der Waals surface area contributed by atoms with E-state index in [1.54, 1.807) is 17.8 Å². The van der Waals surface area contributed by atoms with Crippen molar-refractivity contribution in [3.63, 3.8) is 0 Å². The van der Waals surface area contributed by atoms with Crippen LogP contribution in [0.1, 0.15) is 0 Å². The maximum absolute atomic E-state index is 11.1. The van der Waals surface area contributed by atoms with Gasteiger partial charge in [0.25, 0.3) is 5.88 Å². The molecule has 11 nitrogen and oxygen atoms in total. The van der Waals surface area contributed by atoms with Gasteiger partial charge in [0.1, 0.15) is 11.4 Å². The number of hydrogen-bond donors (Lipinski definition) is 1. The number of pyridine rings is 1. The molecule has 0 spiro atoms. The zero-order valence-corrected chi connectivity index (χ0v) is 18.4. The number of aryl methyl sites for hydroxylation is 1. The van der Waals surface area contributed by atoms with Gasteiger partial charge in [0, 0.05) is 24.3 Å². The zero-order valence-electron chi connectivity index (χ0n) is 17.6. The number of nitrogens with zero attached hydrogens (tertiary/aromatic N) is 5. The molecular weight excluding hydrogens is 460 g/mol. The molecule has 0 saturated heterocycles. The van der Waals surface area contributed by atoms with Crippen LogP contribution in [0.5, 0.6) is 17.4 Å². The molecule has 0 radical (unpaired) electrons. The number of hydrogen-bond acceptors (Lipinski definition) is 10. The molecule has 34 heavy (non-hydrogen) atoms. The lowest BCUT2D eigenvalue weighted by molar-refractivity contribution is 0.174.